The molecule has 2 amide bonds. The van der Waals surface area contributed by atoms with Crippen molar-refractivity contribution in [2.24, 2.45) is 5.73 Å². The van der Waals surface area contributed by atoms with Crippen LogP contribution in [0.4, 0.5) is 5.00 Å². The Hall–Kier alpha value is -2.45. The lowest BCUT2D eigenvalue weighted by Gasteiger charge is -2.13. The maximum absolute atomic E-state index is 12.4. The van der Waals surface area contributed by atoms with E-state index in [1.807, 2.05) is 27.7 Å². The van der Waals surface area contributed by atoms with Crippen molar-refractivity contribution < 1.29 is 14.3 Å². The third-order valence-corrected chi connectivity index (χ3v) is 5.44. The number of nitrogens with one attached hydrogen (secondary N) is 2. The molecule has 0 saturated heterocycles. The molecular formula is C19H23N3O3S2. The number of benzene rings is 1. The molecule has 0 fully saturated rings. The molecule has 0 spiro atoms. The third kappa shape index (κ3) is 5.27. The van der Waals surface area contributed by atoms with Gasteiger partial charge in [0.05, 0.1) is 11.7 Å². The molecule has 1 aromatic carbocycles. The number of aryl methyl sites for hydroxylation is 1. The van der Waals surface area contributed by atoms with Crippen LogP contribution in [0.1, 0.15) is 51.4 Å². The van der Waals surface area contributed by atoms with Gasteiger partial charge in [0.25, 0.3) is 11.8 Å². The number of thiophene rings is 1. The molecule has 1 aromatic heterocycles. The van der Waals surface area contributed by atoms with Gasteiger partial charge in [-0.2, -0.15) is 0 Å². The zero-order chi connectivity index (χ0) is 20.1. The van der Waals surface area contributed by atoms with E-state index in [2.05, 4.69) is 10.6 Å². The van der Waals surface area contributed by atoms with E-state index in [1.54, 1.807) is 24.3 Å². The number of nitrogens with two attached hydrogens (primary N) is 1. The van der Waals surface area contributed by atoms with E-state index in [9.17, 15) is 9.59 Å². The highest BCUT2D eigenvalue weighted by molar-refractivity contribution is 7.80. The monoisotopic (exact) mass is 405 g/mol. The molecule has 2 rings (SSSR count). The Morgan fingerprint density at radius 1 is 1.26 bits per heavy atom. The van der Waals surface area contributed by atoms with Gasteiger partial charge >= 0.3 is 0 Å². The standard InChI is InChI=1S/C19H23N3O3S2/c1-5-10(2)25-14-8-6-13(7-9-14)17(24)21-19(26)22-18-15(16(20)23)11(3)12(4)27-18/h6-10H,5H2,1-4H3,(H2,20,23)(H2,21,22,24,26). The summed E-state index contributed by atoms with van der Waals surface area (Å²) in [6, 6.07) is 6.83. The molecule has 0 bridgehead atoms. The number of anilines is 1. The minimum atomic E-state index is -0.537. The van der Waals surface area contributed by atoms with Crippen LogP contribution in [0.25, 0.3) is 0 Å². The first-order valence-electron chi connectivity index (χ1n) is 8.51. The predicted molar refractivity (Wildman–Crippen MR) is 113 cm³/mol. The minimum Gasteiger partial charge on any atom is -0.491 e. The van der Waals surface area contributed by atoms with Gasteiger partial charge in [-0.3, -0.25) is 14.9 Å². The lowest BCUT2D eigenvalue weighted by atomic mass is 10.1. The van der Waals surface area contributed by atoms with Gasteiger partial charge in [0.1, 0.15) is 10.8 Å². The van der Waals surface area contributed by atoms with Crippen molar-refractivity contribution >= 4 is 45.5 Å². The molecule has 144 valence electrons. The van der Waals surface area contributed by atoms with Crippen LogP contribution in [0.2, 0.25) is 0 Å². The summed E-state index contributed by atoms with van der Waals surface area (Å²) in [5.74, 6) is -0.184. The van der Waals surface area contributed by atoms with Gasteiger partial charge in [-0.1, -0.05) is 6.92 Å². The van der Waals surface area contributed by atoms with Crippen LogP contribution in [-0.2, 0) is 0 Å². The quantitative estimate of drug-likeness (QED) is 0.636. The first kappa shape index (κ1) is 20.9. The first-order valence-corrected chi connectivity index (χ1v) is 9.74. The number of ether oxygens (including phenoxy) is 1. The summed E-state index contributed by atoms with van der Waals surface area (Å²) in [6.45, 7) is 7.74. The van der Waals surface area contributed by atoms with Crippen molar-refractivity contribution in [1.29, 1.82) is 0 Å². The maximum atomic E-state index is 12.4. The van der Waals surface area contributed by atoms with Gasteiger partial charge in [0.2, 0.25) is 0 Å². The second-order valence-corrected chi connectivity index (χ2v) is 7.75. The van der Waals surface area contributed by atoms with Gasteiger partial charge < -0.3 is 15.8 Å². The van der Waals surface area contributed by atoms with Crippen LogP contribution in [0.3, 0.4) is 0 Å². The van der Waals surface area contributed by atoms with E-state index in [4.69, 9.17) is 22.7 Å². The molecule has 2 aromatic rings. The maximum Gasteiger partial charge on any atom is 0.257 e. The fourth-order valence-electron chi connectivity index (χ4n) is 2.32. The molecule has 27 heavy (non-hydrogen) atoms. The fraction of sp³-hybridized carbons (Fsp3) is 0.316. The minimum absolute atomic E-state index is 0.101. The van der Waals surface area contributed by atoms with Crippen molar-refractivity contribution in [3.05, 3.63) is 45.8 Å². The molecule has 4 N–H and O–H groups in total. The van der Waals surface area contributed by atoms with Gasteiger partial charge in [0.15, 0.2) is 5.11 Å². The van der Waals surface area contributed by atoms with Gasteiger partial charge in [-0.15, -0.1) is 11.3 Å². The molecule has 6 nitrogen and oxygen atoms in total. The number of thiocarbonyl (C=S) groups is 1. The Morgan fingerprint density at radius 3 is 2.44 bits per heavy atom. The molecule has 1 unspecified atom stereocenters. The summed E-state index contributed by atoms with van der Waals surface area (Å²) in [6.07, 6.45) is 1.01. The molecule has 1 atom stereocenters. The summed E-state index contributed by atoms with van der Waals surface area (Å²) in [5.41, 5.74) is 7.09. The average molecular weight is 406 g/mol. The SMILES string of the molecule is CCC(C)Oc1ccc(C(=O)NC(=S)Nc2sc(C)c(C)c2C(N)=O)cc1. The van der Waals surface area contributed by atoms with E-state index < -0.39 is 5.91 Å². The lowest BCUT2D eigenvalue weighted by Crippen LogP contribution is -2.34. The van der Waals surface area contributed by atoms with Crippen LogP contribution >= 0.6 is 23.6 Å². The first-order chi connectivity index (χ1) is 12.7. The smallest absolute Gasteiger partial charge is 0.257 e. The predicted octanol–water partition coefficient (Wildman–Crippen LogP) is 3.77. The molecule has 0 radical (unpaired) electrons. The Kier molecular flexibility index (Phi) is 6.92. The Balaban J connectivity index is 2.03. The highest BCUT2D eigenvalue weighted by Crippen LogP contribution is 2.31. The summed E-state index contributed by atoms with van der Waals surface area (Å²) in [4.78, 5) is 25.0. The van der Waals surface area contributed by atoms with Crippen LogP contribution in [0.15, 0.2) is 24.3 Å². The van der Waals surface area contributed by atoms with Gasteiger partial charge in [-0.05, 0) is 69.2 Å². The van der Waals surface area contributed by atoms with Crippen molar-refractivity contribution in [1.82, 2.24) is 5.32 Å². The zero-order valence-corrected chi connectivity index (χ0v) is 17.3. The fourth-order valence-corrected chi connectivity index (χ4v) is 3.65. The Morgan fingerprint density at radius 2 is 1.89 bits per heavy atom. The van der Waals surface area contributed by atoms with Crippen molar-refractivity contribution in [2.75, 3.05) is 5.32 Å². The number of rotatable bonds is 6. The Labute approximate surface area is 168 Å². The van der Waals surface area contributed by atoms with Crippen molar-refractivity contribution in [2.45, 2.75) is 40.2 Å². The number of hydrogen-bond acceptors (Lipinski definition) is 5. The van der Waals surface area contributed by atoms with Crippen LogP contribution in [0.5, 0.6) is 5.75 Å². The summed E-state index contributed by atoms with van der Waals surface area (Å²) in [7, 11) is 0. The average Bonchev–Trinajstić information content (AvgIpc) is 2.88. The van der Waals surface area contributed by atoms with Gasteiger partial charge in [-0.25, -0.2) is 0 Å². The normalized spacial score (nSPS) is 11.6. The second kappa shape index (κ2) is 8.96. The van der Waals surface area contributed by atoms with E-state index in [-0.39, 0.29) is 17.1 Å². The van der Waals surface area contributed by atoms with Crippen LogP contribution < -0.4 is 21.1 Å². The molecule has 0 aliphatic rings. The van der Waals surface area contributed by atoms with Crippen molar-refractivity contribution in [3.63, 3.8) is 0 Å². The topological polar surface area (TPSA) is 93.4 Å². The number of hydrogen-bond donors (Lipinski definition) is 3. The summed E-state index contributed by atoms with van der Waals surface area (Å²) in [5, 5.41) is 6.13. The Bertz CT molecular complexity index is 860. The zero-order valence-electron chi connectivity index (χ0n) is 15.7. The molecule has 0 saturated carbocycles. The van der Waals surface area contributed by atoms with Crippen LogP contribution in [-0.4, -0.2) is 23.0 Å². The molecule has 8 heteroatoms. The molecule has 0 aliphatic heterocycles. The molecule has 0 aliphatic carbocycles. The highest BCUT2D eigenvalue weighted by Gasteiger charge is 2.18. The number of primary amides is 1. The van der Waals surface area contributed by atoms with Gasteiger partial charge in [0, 0.05) is 10.4 Å². The summed E-state index contributed by atoms with van der Waals surface area (Å²) < 4.78 is 5.70. The van der Waals surface area contributed by atoms with E-state index >= 15 is 0 Å². The van der Waals surface area contributed by atoms with Crippen LogP contribution in [0, 0.1) is 13.8 Å². The second-order valence-electron chi connectivity index (χ2n) is 6.12. The largest absolute Gasteiger partial charge is 0.491 e. The highest BCUT2D eigenvalue weighted by atomic mass is 32.1. The molecular weight excluding hydrogens is 382 g/mol. The number of carbonyl (C=O) groups excluding carboxylic acids is 2. The summed E-state index contributed by atoms with van der Waals surface area (Å²) >= 11 is 6.56. The van der Waals surface area contributed by atoms with E-state index in [0.29, 0.717) is 21.9 Å². The number of carbonyl (C=O) groups is 2. The lowest BCUT2D eigenvalue weighted by molar-refractivity contribution is 0.0975. The van der Waals surface area contributed by atoms with E-state index in [0.717, 1.165) is 16.9 Å². The van der Waals surface area contributed by atoms with E-state index in [1.165, 1.54) is 11.3 Å². The third-order valence-electron chi connectivity index (χ3n) is 4.11. The number of amides is 2. The van der Waals surface area contributed by atoms with Crippen molar-refractivity contribution in [3.8, 4) is 5.75 Å². The molecule has 1 heterocycles.